The third-order valence-electron chi connectivity index (χ3n) is 4.01. The van der Waals surface area contributed by atoms with Crippen molar-refractivity contribution in [3.63, 3.8) is 0 Å². The Morgan fingerprint density at radius 3 is 2.84 bits per heavy atom. The Labute approximate surface area is 114 Å². The lowest BCUT2D eigenvalue weighted by Gasteiger charge is -2.29. The Bertz CT molecular complexity index is 409. The number of nitrogens with zero attached hydrogens (tertiary/aromatic N) is 2. The monoisotopic (exact) mass is 264 g/mol. The minimum absolute atomic E-state index is 0.0549. The van der Waals surface area contributed by atoms with Crippen LogP contribution in [0.15, 0.2) is 12.4 Å². The maximum absolute atomic E-state index is 12.2. The van der Waals surface area contributed by atoms with Crippen LogP contribution < -0.4 is 11.1 Å². The molecule has 0 bridgehead atoms. The Morgan fingerprint density at radius 2 is 2.26 bits per heavy atom. The summed E-state index contributed by atoms with van der Waals surface area (Å²) in [5.74, 6) is 0.477. The van der Waals surface area contributed by atoms with Crippen molar-refractivity contribution in [1.29, 1.82) is 0 Å². The van der Waals surface area contributed by atoms with Crippen LogP contribution in [0.1, 0.15) is 49.4 Å². The molecule has 5 heteroatoms. The molecule has 5 nitrogen and oxygen atoms in total. The van der Waals surface area contributed by atoms with Gasteiger partial charge in [-0.25, -0.2) is 0 Å². The first-order chi connectivity index (χ1) is 9.24. The molecular weight excluding hydrogens is 240 g/mol. The van der Waals surface area contributed by atoms with Gasteiger partial charge >= 0.3 is 0 Å². The minimum Gasteiger partial charge on any atom is -0.348 e. The van der Waals surface area contributed by atoms with Crippen molar-refractivity contribution < 1.29 is 4.79 Å². The molecular formula is C14H24N4O. The van der Waals surface area contributed by atoms with E-state index in [-0.39, 0.29) is 11.9 Å². The van der Waals surface area contributed by atoms with E-state index in [1.54, 1.807) is 17.1 Å². The van der Waals surface area contributed by atoms with E-state index >= 15 is 0 Å². The Kier molecular flexibility index (Phi) is 4.96. The van der Waals surface area contributed by atoms with Crippen molar-refractivity contribution in [2.24, 2.45) is 11.7 Å². The van der Waals surface area contributed by atoms with Crippen molar-refractivity contribution >= 4 is 5.91 Å². The largest absolute Gasteiger partial charge is 0.348 e. The minimum atomic E-state index is -0.0549. The molecule has 2 rings (SSSR count). The van der Waals surface area contributed by atoms with E-state index in [9.17, 15) is 4.79 Å². The van der Waals surface area contributed by atoms with Gasteiger partial charge in [-0.05, 0) is 25.7 Å². The standard InChI is InChI=1S/C14H24N4O/c1-2-18-10-12(9-16-18)14(19)17-13(8-15)11-6-4-3-5-7-11/h9-11,13H,2-8,15H2,1H3,(H,17,19). The number of nitrogens with one attached hydrogen (secondary N) is 1. The molecule has 1 aliphatic carbocycles. The third-order valence-corrected chi connectivity index (χ3v) is 4.01. The highest BCUT2D eigenvalue weighted by Crippen LogP contribution is 2.26. The Balaban J connectivity index is 1.95. The molecule has 1 unspecified atom stereocenters. The van der Waals surface area contributed by atoms with Gasteiger partial charge in [-0.2, -0.15) is 5.10 Å². The third kappa shape index (κ3) is 3.56. The van der Waals surface area contributed by atoms with Crippen LogP contribution in [0.3, 0.4) is 0 Å². The zero-order valence-electron chi connectivity index (χ0n) is 11.6. The number of carbonyl (C=O) groups is 1. The van der Waals surface area contributed by atoms with Gasteiger partial charge in [0.15, 0.2) is 0 Å². The van der Waals surface area contributed by atoms with Gasteiger partial charge in [0.1, 0.15) is 0 Å². The van der Waals surface area contributed by atoms with Crippen molar-refractivity contribution in [1.82, 2.24) is 15.1 Å². The molecule has 0 aliphatic heterocycles. The first kappa shape index (κ1) is 14.1. The average Bonchev–Trinajstić information content (AvgIpc) is 2.94. The molecule has 106 valence electrons. The van der Waals surface area contributed by atoms with Crippen molar-refractivity contribution in [2.75, 3.05) is 6.54 Å². The number of carbonyl (C=O) groups excluding carboxylic acids is 1. The molecule has 0 aromatic carbocycles. The van der Waals surface area contributed by atoms with Crippen molar-refractivity contribution in [3.05, 3.63) is 18.0 Å². The number of rotatable bonds is 5. The second-order valence-corrected chi connectivity index (χ2v) is 5.30. The van der Waals surface area contributed by atoms with Crippen LogP contribution in [0.2, 0.25) is 0 Å². The summed E-state index contributed by atoms with van der Waals surface area (Å²) in [6.07, 6.45) is 9.57. The van der Waals surface area contributed by atoms with Gasteiger partial charge < -0.3 is 11.1 Å². The molecule has 1 aromatic rings. The first-order valence-corrected chi connectivity index (χ1v) is 7.28. The molecule has 1 atom stereocenters. The van der Waals surface area contributed by atoms with Crippen molar-refractivity contribution in [3.8, 4) is 0 Å². The van der Waals surface area contributed by atoms with E-state index in [1.807, 2.05) is 6.92 Å². The van der Waals surface area contributed by atoms with Gasteiger partial charge in [0.05, 0.1) is 11.8 Å². The van der Waals surface area contributed by atoms with E-state index in [2.05, 4.69) is 10.4 Å². The fraction of sp³-hybridized carbons (Fsp3) is 0.714. The number of aryl methyl sites for hydroxylation is 1. The highest BCUT2D eigenvalue weighted by atomic mass is 16.1. The molecule has 1 heterocycles. The maximum Gasteiger partial charge on any atom is 0.254 e. The van der Waals surface area contributed by atoms with E-state index in [4.69, 9.17) is 5.73 Å². The fourth-order valence-corrected chi connectivity index (χ4v) is 2.81. The highest BCUT2D eigenvalue weighted by molar-refractivity contribution is 5.93. The molecule has 0 saturated heterocycles. The van der Waals surface area contributed by atoms with Crippen LogP contribution in [0.4, 0.5) is 0 Å². The van der Waals surface area contributed by atoms with Gasteiger partial charge in [0.2, 0.25) is 0 Å². The predicted octanol–water partition coefficient (Wildman–Crippen LogP) is 1.54. The van der Waals surface area contributed by atoms with Crippen LogP contribution in [-0.2, 0) is 6.54 Å². The van der Waals surface area contributed by atoms with E-state index in [0.29, 0.717) is 18.0 Å². The molecule has 3 N–H and O–H groups in total. The van der Waals surface area contributed by atoms with Gasteiger partial charge in [-0.3, -0.25) is 9.48 Å². The normalized spacial score (nSPS) is 18.2. The summed E-state index contributed by atoms with van der Waals surface area (Å²) < 4.78 is 1.76. The second kappa shape index (κ2) is 6.70. The summed E-state index contributed by atoms with van der Waals surface area (Å²) in [5, 5.41) is 7.20. The van der Waals surface area contributed by atoms with Gasteiger partial charge in [0.25, 0.3) is 5.91 Å². The lowest BCUT2D eigenvalue weighted by molar-refractivity contribution is 0.0915. The highest BCUT2D eigenvalue weighted by Gasteiger charge is 2.24. The summed E-state index contributed by atoms with van der Waals surface area (Å²) in [6, 6.07) is 0.0952. The predicted molar refractivity (Wildman–Crippen MR) is 74.8 cm³/mol. The number of hydrogen-bond donors (Lipinski definition) is 2. The molecule has 1 aliphatic rings. The molecule has 0 spiro atoms. The lowest BCUT2D eigenvalue weighted by Crippen LogP contribution is -2.45. The SMILES string of the molecule is CCn1cc(C(=O)NC(CN)C2CCCCC2)cn1. The number of hydrogen-bond acceptors (Lipinski definition) is 3. The summed E-state index contributed by atoms with van der Waals surface area (Å²) >= 11 is 0. The van der Waals surface area contributed by atoms with Crippen molar-refractivity contribution in [2.45, 2.75) is 51.6 Å². The summed E-state index contributed by atoms with van der Waals surface area (Å²) in [4.78, 5) is 12.2. The zero-order valence-corrected chi connectivity index (χ0v) is 11.6. The maximum atomic E-state index is 12.2. The molecule has 1 amide bonds. The molecule has 19 heavy (non-hydrogen) atoms. The van der Waals surface area contributed by atoms with Gasteiger partial charge in [-0.15, -0.1) is 0 Å². The number of amides is 1. The quantitative estimate of drug-likeness (QED) is 0.847. The second-order valence-electron chi connectivity index (χ2n) is 5.30. The van der Waals surface area contributed by atoms with Crippen LogP contribution in [-0.4, -0.2) is 28.3 Å². The van der Waals surface area contributed by atoms with Gasteiger partial charge in [-0.1, -0.05) is 19.3 Å². The van der Waals surface area contributed by atoms with Crippen LogP contribution in [0, 0.1) is 5.92 Å². The molecule has 1 saturated carbocycles. The average molecular weight is 264 g/mol. The zero-order chi connectivity index (χ0) is 13.7. The fourth-order valence-electron chi connectivity index (χ4n) is 2.81. The topological polar surface area (TPSA) is 72.9 Å². The van der Waals surface area contributed by atoms with Gasteiger partial charge in [0, 0.05) is 25.3 Å². The van der Waals surface area contributed by atoms with E-state index in [1.165, 1.54) is 32.1 Å². The first-order valence-electron chi connectivity index (χ1n) is 7.28. The smallest absolute Gasteiger partial charge is 0.254 e. The molecule has 1 fully saturated rings. The summed E-state index contributed by atoms with van der Waals surface area (Å²) in [7, 11) is 0. The number of aromatic nitrogens is 2. The number of nitrogens with two attached hydrogens (primary N) is 1. The molecule has 1 aromatic heterocycles. The Morgan fingerprint density at radius 1 is 1.53 bits per heavy atom. The lowest BCUT2D eigenvalue weighted by atomic mass is 9.84. The van der Waals surface area contributed by atoms with Crippen LogP contribution >= 0.6 is 0 Å². The van der Waals surface area contributed by atoms with E-state index in [0.717, 1.165) is 6.54 Å². The molecule has 0 radical (unpaired) electrons. The van der Waals surface area contributed by atoms with Crippen LogP contribution in [0.25, 0.3) is 0 Å². The van der Waals surface area contributed by atoms with Crippen LogP contribution in [0.5, 0.6) is 0 Å². The summed E-state index contributed by atoms with van der Waals surface area (Å²) in [5.41, 5.74) is 6.45. The van der Waals surface area contributed by atoms with E-state index < -0.39 is 0 Å². The summed E-state index contributed by atoms with van der Waals surface area (Å²) in [6.45, 7) is 3.29. The Hall–Kier alpha value is -1.36.